The van der Waals surface area contributed by atoms with Crippen molar-refractivity contribution in [2.24, 2.45) is 11.8 Å². The number of aromatic nitrogens is 2. The maximum atomic E-state index is 8.65. The molecule has 1 aliphatic rings. The Morgan fingerprint density at radius 1 is 1.41 bits per heavy atom. The second-order valence-electron chi connectivity index (χ2n) is 4.75. The number of nitriles is 1. The van der Waals surface area contributed by atoms with Crippen molar-refractivity contribution in [1.29, 1.82) is 5.26 Å². The van der Waals surface area contributed by atoms with Gasteiger partial charge in [-0.05, 0) is 24.7 Å². The standard InChI is InChI=1S/C13H18N4/c1-3-10-4-5-12(9(10)2)17-13-8-15-11(6-14)7-16-13/h7-10,12H,3-5H2,1-2H3,(H,16,17). The van der Waals surface area contributed by atoms with E-state index in [-0.39, 0.29) is 0 Å². The number of nitrogens with one attached hydrogen (secondary N) is 1. The monoisotopic (exact) mass is 230 g/mol. The van der Waals surface area contributed by atoms with Crippen LogP contribution in [0.5, 0.6) is 0 Å². The maximum Gasteiger partial charge on any atom is 0.158 e. The third kappa shape index (κ3) is 2.55. The lowest BCUT2D eigenvalue weighted by molar-refractivity contribution is 0.391. The van der Waals surface area contributed by atoms with Crippen molar-refractivity contribution in [2.45, 2.75) is 39.2 Å². The lowest BCUT2D eigenvalue weighted by Crippen LogP contribution is -2.25. The summed E-state index contributed by atoms with van der Waals surface area (Å²) in [5.41, 5.74) is 0.362. The zero-order valence-corrected chi connectivity index (χ0v) is 10.3. The summed E-state index contributed by atoms with van der Waals surface area (Å²) in [6, 6.07) is 2.46. The highest BCUT2D eigenvalue weighted by Gasteiger charge is 2.31. The van der Waals surface area contributed by atoms with Gasteiger partial charge in [0.05, 0.1) is 12.4 Å². The Morgan fingerprint density at radius 3 is 2.76 bits per heavy atom. The Balaban J connectivity index is 1.99. The predicted octanol–water partition coefficient (Wildman–Crippen LogP) is 2.58. The van der Waals surface area contributed by atoms with Gasteiger partial charge in [-0.15, -0.1) is 0 Å². The molecule has 0 spiro atoms. The van der Waals surface area contributed by atoms with Gasteiger partial charge >= 0.3 is 0 Å². The normalized spacial score (nSPS) is 27.7. The van der Waals surface area contributed by atoms with Crippen LogP contribution in [0.15, 0.2) is 12.4 Å². The van der Waals surface area contributed by atoms with E-state index in [2.05, 4.69) is 29.1 Å². The zero-order valence-electron chi connectivity index (χ0n) is 10.3. The topological polar surface area (TPSA) is 61.6 Å². The molecule has 0 radical (unpaired) electrons. The van der Waals surface area contributed by atoms with E-state index in [9.17, 15) is 0 Å². The minimum atomic E-state index is 0.362. The minimum Gasteiger partial charge on any atom is -0.366 e. The summed E-state index contributed by atoms with van der Waals surface area (Å²) >= 11 is 0. The molecule has 0 aromatic carbocycles. The quantitative estimate of drug-likeness (QED) is 0.867. The molecule has 1 N–H and O–H groups in total. The number of hydrogen-bond acceptors (Lipinski definition) is 4. The zero-order chi connectivity index (χ0) is 12.3. The van der Waals surface area contributed by atoms with Crippen molar-refractivity contribution < 1.29 is 0 Å². The fraction of sp³-hybridized carbons (Fsp3) is 0.615. The van der Waals surface area contributed by atoms with Crippen LogP contribution in [-0.4, -0.2) is 16.0 Å². The molecular weight excluding hydrogens is 212 g/mol. The van der Waals surface area contributed by atoms with Gasteiger partial charge in [0.15, 0.2) is 5.69 Å². The van der Waals surface area contributed by atoms with E-state index in [1.807, 2.05) is 6.07 Å². The van der Waals surface area contributed by atoms with Crippen LogP contribution in [-0.2, 0) is 0 Å². The van der Waals surface area contributed by atoms with Crippen molar-refractivity contribution in [3.8, 4) is 6.07 Å². The Bertz CT molecular complexity index is 406. The summed E-state index contributed by atoms with van der Waals surface area (Å²) in [6.45, 7) is 4.56. The summed E-state index contributed by atoms with van der Waals surface area (Å²) in [4.78, 5) is 8.22. The highest BCUT2D eigenvalue weighted by Crippen LogP contribution is 2.35. The second kappa shape index (κ2) is 5.13. The van der Waals surface area contributed by atoms with Gasteiger partial charge in [-0.1, -0.05) is 20.3 Å². The fourth-order valence-corrected chi connectivity index (χ4v) is 2.68. The molecule has 1 heterocycles. The Hall–Kier alpha value is -1.63. The number of anilines is 1. The molecule has 4 heteroatoms. The van der Waals surface area contributed by atoms with E-state index < -0.39 is 0 Å². The Labute approximate surface area is 102 Å². The number of nitrogens with zero attached hydrogens (tertiary/aromatic N) is 3. The van der Waals surface area contributed by atoms with E-state index in [1.54, 1.807) is 6.20 Å². The second-order valence-corrected chi connectivity index (χ2v) is 4.75. The number of hydrogen-bond donors (Lipinski definition) is 1. The van der Waals surface area contributed by atoms with Crippen LogP contribution in [0, 0.1) is 23.2 Å². The molecule has 0 saturated heterocycles. The summed E-state index contributed by atoms with van der Waals surface area (Å²) in [7, 11) is 0. The first-order valence-electron chi connectivity index (χ1n) is 6.23. The molecular formula is C13H18N4. The van der Waals surface area contributed by atoms with Gasteiger partial charge in [0.25, 0.3) is 0 Å². The van der Waals surface area contributed by atoms with Gasteiger partial charge in [-0.2, -0.15) is 5.26 Å². The lowest BCUT2D eigenvalue weighted by Gasteiger charge is -2.21. The van der Waals surface area contributed by atoms with Crippen LogP contribution in [0.3, 0.4) is 0 Å². The van der Waals surface area contributed by atoms with Crippen LogP contribution < -0.4 is 5.32 Å². The van der Waals surface area contributed by atoms with Crippen LogP contribution >= 0.6 is 0 Å². The molecule has 1 aliphatic carbocycles. The van der Waals surface area contributed by atoms with Crippen molar-refractivity contribution in [2.75, 3.05) is 5.32 Å². The van der Waals surface area contributed by atoms with Crippen LogP contribution in [0.25, 0.3) is 0 Å². The number of rotatable bonds is 3. The highest BCUT2D eigenvalue weighted by molar-refractivity contribution is 5.34. The molecule has 1 aromatic rings. The molecule has 2 rings (SSSR count). The van der Waals surface area contributed by atoms with Crippen molar-refractivity contribution in [1.82, 2.24) is 9.97 Å². The van der Waals surface area contributed by atoms with E-state index in [1.165, 1.54) is 25.5 Å². The highest BCUT2D eigenvalue weighted by atomic mass is 15.0. The summed E-state index contributed by atoms with van der Waals surface area (Å²) in [5, 5.41) is 12.1. The van der Waals surface area contributed by atoms with E-state index in [4.69, 9.17) is 5.26 Å². The van der Waals surface area contributed by atoms with Crippen molar-refractivity contribution in [3.05, 3.63) is 18.1 Å². The average molecular weight is 230 g/mol. The third-order valence-electron chi connectivity index (χ3n) is 3.85. The molecule has 0 aliphatic heterocycles. The molecule has 1 aromatic heterocycles. The largest absolute Gasteiger partial charge is 0.366 e. The molecule has 90 valence electrons. The summed E-state index contributed by atoms with van der Waals surface area (Å²) in [5.74, 6) is 2.27. The summed E-state index contributed by atoms with van der Waals surface area (Å²) < 4.78 is 0. The van der Waals surface area contributed by atoms with Crippen molar-refractivity contribution in [3.63, 3.8) is 0 Å². The fourth-order valence-electron chi connectivity index (χ4n) is 2.68. The first kappa shape index (κ1) is 11.8. The first-order chi connectivity index (χ1) is 8.24. The first-order valence-corrected chi connectivity index (χ1v) is 6.23. The molecule has 0 amide bonds. The minimum absolute atomic E-state index is 0.362. The van der Waals surface area contributed by atoms with Crippen LogP contribution in [0.4, 0.5) is 5.82 Å². The molecule has 1 saturated carbocycles. The van der Waals surface area contributed by atoms with Gasteiger partial charge in [0.1, 0.15) is 11.9 Å². The van der Waals surface area contributed by atoms with Gasteiger partial charge in [0.2, 0.25) is 0 Å². The van der Waals surface area contributed by atoms with Gasteiger partial charge < -0.3 is 5.32 Å². The van der Waals surface area contributed by atoms with E-state index in [0.29, 0.717) is 17.7 Å². The Kier molecular flexibility index (Phi) is 3.58. The van der Waals surface area contributed by atoms with E-state index in [0.717, 1.165) is 11.7 Å². The third-order valence-corrected chi connectivity index (χ3v) is 3.85. The SMILES string of the molecule is CCC1CCC(Nc2cnc(C#N)cn2)C1C. The lowest BCUT2D eigenvalue weighted by atomic mass is 9.93. The smallest absolute Gasteiger partial charge is 0.158 e. The summed E-state index contributed by atoms with van der Waals surface area (Å²) in [6.07, 6.45) is 6.89. The van der Waals surface area contributed by atoms with Crippen LogP contribution in [0.2, 0.25) is 0 Å². The molecule has 3 atom stereocenters. The molecule has 17 heavy (non-hydrogen) atoms. The van der Waals surface area contributed by atoms with Gasteiger partial charge in [0, 0.05) is 6.04 Å². The molecule has 3 unspecified atom stereocenters. The van der Waals surface area contributed by atoms with Gasteiger partial charge in [-0.3, -0.25) is 0 Å². The molecule has 0 bridgehead atoms. The van der Waals surface area contributed by atoms with Crippen LogP contribution in [0.1, 0.15) is 38.8 Å². The van der Waals surface area contributed by atoms with Gasteiger partial charge in [-0.25, -0.2) is 9.97 Å². The predicted molar refractivity (Wildman–Crippen MR) is 66.3 cm³/mol. The molecule has 4 nitrogen and oxygen atoms in total. The van der Waals surface area contributed by atoms with E-state index >= 15 is 0 Å². The Morgan fingerprint density at radius 2 is 2.24 bits per heavy atom. The van der Waals surface area contributed by atoms with Crippen molar-refractivity contribution >= 4 is 5.82 Å². The maximum absolute atomic E-state index is 8.65. The average Bonchev–Trinajstić information content (AvgIpc) is 2.71. The molecule has 1 fully saturated rings.